The van der Waals surface area contributed by atoms with Crippen LogP contribution in [0.2, 0.25) is 5.31 Å². The van der Waals surface area contributed by atoms with Crippen molar-refractivity contribution in [3.8, 4) is 0 Å². The van der Waals surface area contributed by atoms with E-state index in [1.807, 2.05) is 0 Å². The van der Waals surface area contributed by atoms with Crippen molar-refractivity contribution in [1.82, 2.24) is 0 Å². The smallest absolute Gasteiger partial charge is 0.0669 e. The Morgan fingerprint density at radius 3 is 1.94 bits per heavy atom. The quantitative estimate of drug-likeness (QED) is 0.569. The van der Waals surface area contributed by atoms with E-state index in [0.717, 1.165) is 5.92 Å². The molecule has 1 heteroatoms. The molecule has 0 N–H and O–H groups in total. The molecule has 0 bridgehead atoms. The molecule has 0 aromatic rings. The summed E-state index contributed by atoms with van der Waals surface area (Å²) >= 11 is 0. The van der Waals surface area contributed by atoms with E-state index in [1.165, 1.54) is 51.4 Å². The first-order chi connectivity index (χ1) is 7.36. The molecular weight excluding hydrogens is 191 g/mol. The van der Waals surface area contributed by atoms with Crippen molar-refractivity contribution in [2.75, 3.05) is 0 Å². The molecule has 0 radical (unpaired) electrons. The van der Waals surface area contributed by atoms with E-state index in [1.54, 1.807) is 0 Å². The lowest BCUT2D eigenvalue weighted by molar-refractivity contribution is 0.162. The molecule has 0 aromatic carbocycles. The molecule has 0 spiro atoms. The second-order valence-corrected chi connectivity index (χ2v) is 7.39. The molecule has 0 amide bonds. The summed E-state index contributed by atoms with van der Waals surface area (Å²) in [6.07, 6.45) is 11.5. The summed E-state index contributed by atoms with van der Waals surface area (Å²) in [5, 5.41) is 0.592. The molecular formula is C15H31B. The van der Waals surface area contributed by atoms with Gasteiger partial charge in [-0.15, -0.1) is 0 Å². The van der Waals surface area contributed by atoms with Gasteiger partial charge >= 0.3 is 0 Å². The van der Waals surface area contributed by atoms with Crippen molar-refractivity contribution in [3.05, 3.63) is 0 Å². The SMILES string of the molecule is BC1(C)CCCCCC(C)(C(C)C)CCC1. The van der Waals surface area contributed by atoms with E-state index < -0.39 is 0 Å². The maximum atomic E-state index is 2.52. The van der Waals surface area contributed by atoms with E-state index in [9.17, 15) is 0 Å². The molecule has 1 saturated carbocycles. The standard InChI is InChI=1S/C15H31B/c1-13(2)14(3)9-6-5-7-11-15(4,16)12-8-10-14/h13H,5-12,16H2,1-4H3. The average molecular weight is 222 g/mol. The Morgan fingerprint density at radius 1 is 0.812 bits per heavy atom. The minimum atomic E-state index is 0.592. The van der Waals surface area contributed by atoms with Gasteiger partial charge in [0, 0.05) is 0 Å². The van der Waals surface area contributed by atoms with Crippen molar-refractivity contribution in [1.29, 1.82) is 0 Å². The summed E-state index contributed by atoms with van der Waals surface area (Å²) < 4.78 is 0. The monoisotopic (exact) mass is 222 g/mol. The van der Waals surface area contributed by atoms with Crippen LogP contribution >= 0.6 is 0 Å². The van der Waals surface area contributed by atoms with Gasteiger partial charge in [0.2, 0.25) is 0 Å². The lowest BCUT2D eigenvalue weighted by Crippen LogP contribution is -2.25. The van der Waals surface area contributed by atoms with Crippen LogP contribution in [0.5, 0.6) is 0 Å². The normalized spacial score (nSPS) is 38.6. The van der Waals surface area contributed by atoms with Crippen LogP contribution < -0.4 is 0 Å². The average Bonchev–Trinajstić information content (AvgIpc) is 2.16. The van der Waals surface area contributed by atoms with Gasteiger partial charge in [-0.2, -0.15) is 0 Å². The maximum absolute atomic E-state index is 2.52. The summed E-state index contributed by atoms with van der Waals surface area (Å²) in [7, 11) is 2.46. The summed E-state index contributed by atoms with van der Waals surface area (Å²) in [6, 6.07) is 0. The van der Waals surface area contributed by atoms with Crippen LogP contribution in [0.25, 0.3) is 0 Å². The Morgan fingerprint density at radius 2 is 1.31 bits per heavy atom. The molecule has 0 aliphatic heterocycles. The molecule has 1 rings (SSSR count). The van der Waals surface area contributed by atoms with Crippen LogP contribution in [0.4, 0.5) is 0 Å². The number of hydrogen-bond acceptors (Lipinski definition) is 0. The van der Waals surface area contributed by atoms with Gasteiger partial charge in [-0.3, -0.25) is 0 Å². The largest absolute Gasteiger partial charge is 0.109 e. The second kappa shape index (κ2) is 5.60. The molecule has 94 valence electrons. The molecule has 2 atom stereocenters. The molecule has 0 saturated heterocycles. The number of rotatable bonds is 1. The van der Waals surface area contributed by atoms with Crippen LogP contribution in [0.15, 0.2) is 0 Å². The zero-order valence-corrected chi connectivity index (χ0v) is 12.2. The second-order valence-electron chi connectivity index (χ2n) is 7.39. The van der Waals surface area contributed by atoms with Gasteiger partial charge in [-0.05, 0) is 24.2 Å². The lowest BCUT2D eigenvalue weighted by Gasteiger charge is -2.37. The molecule has 1 fully saturated rings. The zero-order valence-electron chi connectivity index (χ0n) is 12.2. The molecule has 1 aliphatic rings. The molecule has 0 aromatic heterocycles. The Bertz CT molecular complexity index is 207. The lowest BCUT2D eigenvalue weighted by atomic mass is 9.62. The highest BCUT2D eigenvalue weighted by atomic mass is 14.3. The van der Waals surface area contributed by atoms with Gasteiger partial charge in [0.1, 0.15) is 7.85 Å². The molecule has 0 heterocycles. The highest BCUT2D eigenvalue weighted by Gasteiger charge is 2.29. The third kappa shape index (κ3) is 4.15. The van der Waals surface area contributed by atoms with E-state index in [4.69, 9.17) is 0 Å². The third-order valence-electron chi connectivity index (χ3n) is 5.10. The van der Waals surface area contributed by atoms with Crippen LogP contribution in [0.3, 0.4) is 0 Å². The summed E-state index contributed by atoms with van der Waals surface area (Å²) in [6.45, 7) is 9.81. The predicted octanol–water partition coefficient (Wildman–Crippen LogP) is 4.59. The van der Waals surface area contributed by atoms with Crippen LogP contribution in [0, 0.1) is 11.3 Å². The van der Waals surface area contributed by atoms with Gasteiger partial charge in [0.25, 0.3) is 0 Å². The van der Waals surface area contributed by atoms with E-state index >= 15 is 0 Å². The summed E-state index contributed by atoms with van der Waals surface area (Å²) in [4.78, 5) is 0. The zero-order chi connectivity index (χ0) is 12.2. The van der Waals surface area contributed by atoms with Crippen molar-refractivity contribution < 1.29 is 0 Å². The summed E-state index contributed by atoms with van der Waals surface area (Å²) in [5.74, 6) is 0.843. The first-order valence-electron chi connectivity index (χ1n) is 7.36. The van der Waals surface area contributed by atoms with E-state index in [-0.39, 0.29) is 0 Å². The number of hydrogen-bond donors (Lipinski definition) is 0. The van der Waals surface area contributed by atoms with Gasteiger partial charge in [0.05, 0.1) is 0 Å². The van der Waals surface area contributed by atoms with Gasteiger partial charge in [-0.25, -0.2) is 0 Å². The van der Waals surface area contributed by atoms with E-state index in [0.29, 0.717) is 10.7 Å². The van der Waals surface area contributed by atoms with Crippen LogP contribution in [-0.4, -0.2) is 7.85 Å². The fourth-order valence-electron chi connectivity index (χ4n) is 3.11. The minimum absolute atomic E-state index is 0.592. The first-order valence-corrected chi connectivity index (χ1v) is 7.36. The van der Waals surface area contributed by atoms with Crippen molar-refractivity contribution in [3.63, 3.8) is 0 Å². The topological polar surface area (TPSA) is 0 Å². The van der Waals surface area contributed by atoms with Gasteiger partial charge in [0.15, 0.2) is 0 Å². The first kappa shape index (κ1) is 14.1. The van der Waals surface area contributed by atoms with Crippen molar-refractivity contribution in [2.45, 2.75) is 84.4 Å². The Kier molecular flexibility index (Phi) is 4.95. The van der Waals surface area contributed by atoms with Gasteiger partial charge in [-0.1, -0.05) is 71.5 Å². The molecule has 0 nitrogen and oxygen atoms in total. The summed E-state index contributed by atoms with van der Waals surface area (Å²) in [5.41, 5.74) is 0.605. The highest BCUT2D eigenvalue weighted by molar-refractivity contribution is 6.14. The van der Waals surface area contributed by atoms with Crippen molar-refractivity contribution in [2.24, 2.45) is 11.3 Å². The van der Waals surface area contributed by atoms with Crippen LogP contribution in [-0.2, 0) is 0 Å². The Labute approximate surface area is 104 Å². The highest BCUT2D eigenvalue weighted by Crippen LogP contribution is 2.43. The van der Waals surface area contributed by atoms with Crippen LogP contribution in [0.1, 0.15) is 79.1 Å². The fraction of sp³-hybridized carbons (Fsp3) is 1.00. The minimum Gasteiger partial charge on any atom is -0.0669 e. The third-order valence-corrected chi connectivity index (χ3v) is 5.10. The van der Waals surface area contributed by atoms with Gasteiger partial charge < -0.3 is 0 Å². The van der Waals surface area contributed by atoms with E-state index in [2.05, 4.69) is 35.5 Å². The maximum Gasteiger partial charge on any atom is 0.109 e. The fourth-order valence-corrected chi connectivity index (χ4v) is 3.11. The molecule has 2 unspecified atom stereocenters. The Hall–Kier alpha value is 0.0649. The Balaban J connectivity index is 2.59. The van der Waals surface area contributed by atoms with Crippen molar-refractivity contribution >= 4 is 7.85 Å². The molecule has 16 heavy (non-hydrogen) atoms. The molecule has 1 aliphatic carbocycles. The predicted molar refractivity (Wildman–Crippen MR) is 76.8 cm³/mol.